The maximum atomic E-state index is 11.9. The molecule has 118 valence electrons. The molecule has 0 unspecified atom stereocenters. The van der Waals surface area contributed by atoms with Crippen molar-refractivity contribution in [1.82, 2.24) is 24.5 Å². The first-order valence-electron chi connectivity index (χ1n) is 6.71. The fourth-order valence-electron chi connectivity index (χ4n) is 1.97. The van der Waals surface area contributed by atoms with Gasteiger partial charge in [0, 0.05) is 11.2 Å². The number of benzene rings is 1. The Bertz CT molecular complexity index is 828. The van der Waals surface area contributed by atoms with Crippen LogP contribution in [0.15, 0.2) is 43.0 Å². The number of nitrogens with one attached hydrogen (secondary N) is 1. The van der Waals surface area contributed by atoms with Crippen LogP contribution >= 0.6 is 23.2 Å². The molecule has 23 heavy (non-hydrogen) atoms. The molecular weight excluding hydrogens is 339 g/mol. The molecule has 3 aromatic rings. The van der Waals surface area contributed by atoms with Crippen LogP contribution in [0.5, 0.6) is 0 Å². The van der Waals surface area contributed by atoms with Crippen LogP contribution in [0, 0.1) is 0 Å². The molecule has 2 heterocycles. The summed E-state index contributed by atoms with van der Waals surface area (Å²) in [5.41, 5.74) is 0.920. The van der Waals surface area contributed by atoms with Gasteiger partial charge in [-0.25, -0.2) is 9.67 Å². The van der Waals surface area contributed by atoms with Gasteiger partial charge in [0.1, 0.15) is 12.9 Å². The van der Waals surface area contributed by atoms with Gasteiger partial charge in [-0.1, -0.05) is 41.4 Å². The average molecular weight is 351 g/mol. The molecule has 0 aliphatic carbocycles. The van der Waals surface area contributed by atoms with Gasteiger partial charge in [0.25, 0.3) is 0 Å². The zero-order valence-electron chi connectivity index (χ0n) is 11.9. The van der Waals surface area contributed by atoms with E-state index < -0.39 is 0 Å². The predicted molar refractivity (Wildman–Crippen MR) is 86.4 cm³/mol. The number of carbonyl (C=O) groups excluding carboxylic acids is 1. The van der Waals surface area contributed by atoms with Gasteiger partial charge in [-0.15, -0.1) is 5.10 Å². The van der Waals surface area contributed by atoms with Crippen LogP contribution in [0.2, 0.25) is 10.0 Å². The zero-order valence-corrected chi connectivity index (χ0v) is 13.4. The molecule has 0 fully saturated rings. The van der Waals surface area contributed by atoms with Gasteiger partial charge in [0.15, 0.2) is 0 Å². The molecule has 0 bridgehead atoms. The van der Waals surface area contributed by atoms with E-state index in [1.165, 1.54) is 17.2 Å². The lowest BCUT2D eigenvalue weighted by Gasteiger charge is -2.03. The highest BCUT2D eigenvalue weighted by molar-refractivity contribution is 6.31. The molecule has 1 N–H and O–H groups in total. The fourth-order valence-corrected chi connectivity index (χ4v) is 2.32. The largest absolute Gasteiger partial charge is 0.292 e. The summed E-state index contributed by atoms with van der Waals surface area (Å²) in [6.07, 6.45) is 4.56. The molecule has 0 spiro atoms. The number of halogens is 2. The number of anilines is 1. The summed E-state index contributed by atoms with van der Waals surface area (Å²) in [4.78, 5) is 15.9. The normalized spacial score (nSPS) is 10.7. The van der Waals surface area contributed by atoms with E-state index in [-0.39, 0.29) is 18.4 Å². The minimum Gasteiger partial charge on any atom is -0.292 e. The molecule has 3 rings (SSSR count). The van der Waals surface area contributed by atoms with Crippen LogP contribution in [-0.2, 0) is 17.9 Å². The van der Waals surface area contributed by atoms with Crippen molar-refractivity contribution in [1.29, 1.82) is 0 Å². The van der Waals surface area contributed by atoms with Crippen LogP contribution in [0.1, 0.15) is 5.56 Å². The molecule has 0 radical (unpaired) electrons. The summed E-state index contributed by atoms with van der Waals surface area (Å²) in [5.74, 6) is -0.0689. The minimum absolute atomic E-state index is 0.0335. The van der Waals surface area contributed by atoms with Crippen LogP contribution in [0.3, 0.4) is 0 Å². The van der Waals surface area contributed by atoms with E-state index in [0.29, 0.717) is 16.6 Å². The Balaban J connectivity index is 1.61. The van der Waals surface area contributed by atoms with Crippen molar-refractivity contribution in [3.63, 3.8) is 0 Å². The Morgan fingerprint density at radius 2 is 2.04 bits per heavy atom. The third kappa shape index (κ3) is 4.08. The first-order valence-corrected chi connectivity index (χ1v) is 7.46. The van der Waals surface area contributed by atoms with Gasteiger partial charge in [0.05, 0.1) is 17.8 Å². The van der Waals surface area contributed by atoms with Crippen LogP contribution in [-0.4, -0.2) is 30.5 Å². The molecule has 0 saturated heterocycles. The van der Waals surface area contributed by atoms with E-state index in [1.807, 2.05) is 24.3 Å². The summed E-state index contributed by atoms with van der Waals surface area (Å²) < 4.78 is 3.03. The fraction of sp³-hybridized carbons (Fsp3) is 0.143. The highest BCUT2D eigenvalue weighted by Gasteiger charge is 2.09. The van der Waals surface area contributed by atoms with Crippen molar-refractivity contribution in [2.24, 2.45) is 0 Å². The van der Waals surface area contributed by atoms with E-state index in [0.717, 1.165) is 5.56 Å². The summed E-state index contributed by atoms with van der Waals surface area (Å²) in [5, 5.41) is 11.9. The summed E-state index contributed by atoms with van der Waals surface area (Å²) in [7, 11) is 0. The number of hydrogen-bond acceptors (Lipinski definition) is 4. The second kappa shape index (κ2) is 6.80. The Hall–Kier alpha value is -2.38. The number of aromatic nitrogens is 5. The maximum absolute atomic E-state index is 11.9. The van der Waals surface area contributed by atoms with E-state index in [9.17, 15) is 4.79 Å². The SMILES string of the molecule is O=C(Cn1cc(Cl)cn1)Nc1ncn(Cc2ccccc2Cl)n1. The van der Waals surface area contributed by atoms with Gasteiger partial charge in [-0.2, -0.15) is 5.10 Å². The van der Waals surface area contributed by atoms with Crippen LogP contribution in [0.25, 0.3) is 0 Å². The first-order chi connectivity index (χ1) is 11.1. The summed E-state index contributed by atoms with van der Waals surface area (Å²) in [6, 6.07) is 7.48. The smallest absolute Gasteiger partial charge is 0.248 e. The summed E-state index contributed by atoms with van der Waals surface area (Å²) in [6.45, 7) is 0.503. The van der Waals surface area contributed by atoms with Crippen molar-refractivity contribution in [2.75, 3.05) is 5.32 Å². The Kier molecular flexibility index (Phi) is 4.59. The number of amides is 1. The van der Waals surface area contributed by atoms with E-state index in [1.54, 1.807) is 10.9 Å². The number of rotatable bonds is 5. The standard InChI is InChI=1S/C14H12Cl2N6O/c15-11-5-18-21(7-11)8-13(23)19-14-17-9-22(20-14)6-10-3-1-2-4-12(10)16/h1-5,7,9H,6,8H2,(H,19,20,23). The molecule has 1 aromatic carbocycles. The van der Waals surface area contributed by atoms with Gasteiger partial charge in [-0.05, 0) is 11.6 Å². The molecule has 0 atom stereocenters. The molecular formula is C14H12Cl2N6O. The lowest BCUT2D eigenvalue weighted by atomic mass is 10.2. The van der Waals surface area contributed by atoms with Gasteiger partial charge in [-0.3, -0.25) is 14.8 Å². The molecule has 0 aliphatic heterocycles. The molecule has 7 nitrogen and oxygen atoms in total. The lowest BCUT2D eigenvalue weighted by molar-refractivity contribution is -0.116. The number of hydrogen-bond donors (Lipinski definition) is 1. The monoisotopic (exact) mass is 350 g/mol. The number of carbonyl (C=O) groups is 1. The van der Waals surface area contributed by atoms with E-state index in [4.69, 9.17) is 23.2 Å². The molecule has 0 saturated carbocycles. The third-order valence-corrected chi connectivity index (χ3v) is 3.55. The van der Waals surface area contributed by atoms with Gasteiger partial charge < -0.3 is 0 Å². The predicted octanol–water partition coefficient (Wildman–Crippen LogP) is 2.47. The Labute approximate surface area is 141 Å². The van der Waals surface area contributed by atoms with E-state index in [2.05, 4.69) is 20.5 Å². The molecule has 9 heteroatoms. The second-order valence-electron chi connectivity index (χ2n) is 4.76. The van der Waals surface area contributed by atoms with Crippen molar-refractivity contribution < 1.29 is 4.79 Å². The van der Waals surface area contributed by atoms with Crippen molar-refractivity contribution in [3.05, 3.63) is 58.6 Å². The lowest BCUT2D eigenvalue weighted by Crippen LogP contribution is -2.19. The first kappa shape index (κ1) is 15.5. The topological polar surface area (TPSA) is 77.6 Å². The van der Waals surface area contributed by atoms with Crippen molar-refractivity contribution in [3.8, 4) is 0 Å². The molecule has 0 aliphatic rings. The third-order valence-electron chi connectivity index (χ3n) is 2.99. The maximum Gasteiger partial charge on any atom is 0.248 e. The summed E-state index contributed by atoms with van der Waals surface area (Å²) >= 11 is 11.8. The van der Waals surface area contributed by atoms with Crippen LogP contribution in [0.4, 0.5) is 5.95 Å². The quantitative estimate of drug-likeness (QED) is 0.766. The van der Waals surface area contributed by atoms with Crippen molar-refractivity contribution in [2.45, 2.75) is 13.1 Å². The average Bonchev–Trinajstić information content (AvgIpc) is 3.11. The number of nitrogens with zero attached hydrogens (tertiary/aromatic N) is 5. The molecule has 2 aromatic heterocycles. The Morgan fingerprint density at radius 1 is 1.22 bits per heavy atom. The van der Waals surface area contributed by atoms with Crippen molar-refractivity contribution >= 4 is 35.1 Å². The highest BCUT2D eigenvalue weighted by Crippen LogP contribution is 2.16. The second-order valence-corrected chi connectivity index (χ2v) is 5.61. The van der Waals surface area contributed by atoms with Gasteiger partial charge in [0.2, 0.25) is 11.9 Å². The van der Waals surface area contributed by atoms with Gasteiger partial charge >= 0.3 is 0 Å². The molecule has 1 amide bonds. The minimum atomic E-state index is -0.291. The highest BCUT2D eigenvalue weighted by atomic mass is 35.5. The Morgan fingerprint density at radius 3 is 2.78 bits per heavy atom. The van der Waals surface area contributed by atoms with Crippen LogP contribution < -0.4 is 5.32 Å². The van der Waals surface area contributed by atoms with E-state index >= 15 is 0 Å². The zero-order chi connectivity index (χ0) is 16.2.